The molecule has 3 heterocycles. The second-order valence-corrected chi connectivity index (χ2v) is 6.77. The number of hydrogen-bond donors (Lipinski definition) is 1. The summed E-state index contributed by atoms with van der Waals surface area (Å²) in [5.41, 5.74) is 3.90. The van der Waals surface area contributed by atoms with Crippen LogP contribution < -0.4 is 10.1 Å². The molecule has 0 spiro atoms. The molecule has 0 aromatic carbocycles. The van der Waals surface area contributed by atoms with E-state index in [1.54, 1.807) is 13.3 Å². The number of nitrogens with one attached hydrogen (secondary N) is 1. The predicted molar refractivity (Wildman–Crippen MR) is 84.6 cm³/mol. The maximum absolute atomic E-state index is 11.7. The normalized spacial score (nSPS) is 16.5. The van der Waals surface area contributed by atoms with Gasteiger partial charge in [-0.3, -0.25) is 0 Å². The van der Waals surface area contributed by atoms with E-state index in [9.17, 15) is 4.55 Å². The first-order valence-electron chi connectivity index (χ1n) is 7.07. The van der Waals surface area contributed by atoms with Gasteiger partial charge in [0.2, 0.25) is 11.8 Å². The van der Waals surface area contributed by atoms with Crippen LogP contribution in [0.3, 0.4) is 0 Å². The Hall–Kier alpha value is -1.86. The average Bonchev–Trinajstić information content (AvgIpc) is 2.86. The first-order valence-corrected chi connectivity index (χ1v) is 8.39. The lowest BCUT2D eigenvalue weighted by Crippen LogP contribution is -2.09. The number of anilines is 1. The summed E-state index contributed by atoms with van der Waals surface area (Å²) in [5.74, 6) is 1.80. The van der Waals surface area contributed by atoms with E-state index in [0.717, 1.165) is 33.8 Å². The largest absolute Gasteiger partial charge is 0.611 e. The highest BCUT2D eigenvalue weighted by atomic mass is 32.2. The van der Waals surface area contributed by atoms with Crippen LogP contribution in [0.2, 0.25) is 0 Å². The minimum atomic E-state index is -0.940. The quantitative estimate of drug-likeness (QED) is 0.865. The second kappa shape index (κ2) is 6.10. The van der Waals surface area contributed by atoms with Crippen LogP contribution in [0.4, 0.5) is 5.95 Å². The van der Waals surface area contributed by atoms with E-state index in [-0.39, 0.29) is 0 Å². The third kappa shape index (κ3) is 2.86. The Morgan fingerprint density at radius 3 is 2.95 bits per heavy atom. The van der Waals surface area contributed by atoms with Gasteiger partial charge in [0.25, 0.3) is 0 Å². The molecule has 22 heavy (non-hydrogen) atoms. The van der Waals surface area contributed by atoms with Crippen LogP contribution in [-0.2, 0) is 24.1 Å². The number of ether oxygens (including phenoxy) is 1. The molecular weight excluding hydrogens is 300 g/mol. The van der Waals surface area contributed by atoms with Crippen LogP contribution in [0.1, 0.15) is 22.5 Å². The highest BCUT2D eigenvalue weighted by Crippen LogP contribution is 2.25. The van der Waals surface area contributed by atoms with E-state index >= 15 is 0 Å². The monoisotopic (exact) mass is 318 g/mol. The maximum atomic E-state index is 11.7. The summed E-state index contributed by atoms with van der Waals surface area (Å²) in [6.45, 7) is 4.50. The molecule has 0 saturated carbocycles. The molecule has 7 heteroatoms. The highest BCUT2D eigenvalue weighted by molar-refractivity contribution is 7.91. The zero-order chi connectivity index (χ0) is 15.7. The van der Waals surface area contributed by atoms with E-state index in [2.05, 4.69) is 20.3 Å². The lowest BCUT2D eigenvalue weighted by Gasteiger charge is -2.13. The Balaban J connectivity index is 1.79. The SMILES string of the molecule is COc1nc(C)cc(C)c1CNc1ncc2c(n1)CC[S+]2[O-]. The topological polar surface area (TPSA) is 83.0 Å². The van der Waals surface area contributed by atoms with Gasteiger partial charge in [-0.05, 0) is 36.7 Å². The lowest BCUT2D eigenvalue weighted by molar-refractivity contribution is 0.391. The van der Waals surface area contributed by atoms with E-state index < -0.39 is 11.2 Å². The first kappa shape index (κ1) is 15.1. The Morgan fingerprint density at radius 2 is 2.18 bits per heavy atom. The van der Waals surface area contributed by atoms with Crippen LogP contribution in [0.5, 0.6) is 5.88 Å². The molecule has 0 saturated heterocycles. The number of fused-ring (bicyclic) bond motifs is 1. The molecule has 1 aliphatic rings. The minimum Gasteiger partial charge on any atom is -0.611 e. The van der Waals surface area contributed by atoms with Gasteiger partial charge < -0.3 is 14.6 Å². The molecule has 3 rings (SSSR count). The van der Waals surface area contributed by atoms with Gasteiger partial charge in [-0.25, -0.2) is 15.0 Å². The van der Waals surface area contributed by atoms with Gasteiger partial charge in [0.1, 0.15) is 11.4 Å². The van der Waals surface area contributed by atoms with Crippen molar-refractivity contribution in [1.29, 1.82) is 0 Å². The van der Waals surface area contributed by atoms with Crippen molar-refractivity contribution in [2.24, 2.45) is 0 Å². The van der Waals surface area contributed by atoms with Gasteiger partial charge in [0.15, 0.2) is 4.90 Å². The number of rotatable bonds is 4. The fourth-order valence-corrected chi connectivity index (χ4v) is 3.72. The summed E-state index contributed by atoms with van der Waals surface area (Å²) in [5, 5.41) is 3.20. The Labute approximate surface area is 132 Å². The molecule has 1 aliphatic heterocycles. The van der Waals surface area contributed by atoms with Gasteiger partial charge >= 0.3 is 0 Å². The van der Waals surface area contributed by atoms with Gasteiger partial charge in [0.05, 0.1) is 13.3 Å². The molecule has 0 amide bonds. The molecule has 116 valence electrons. The summed E-state index contributed by atoms with van der Waals surface area (Å²) in [6.07, 6.45) is 2.40. The predicted octanol–water partition coefficient (Wildman–Crippen LogP) is 1.77. The molecule has 2 aromatic heterocycles. The molecular formula is C15H18N4O2S. The highest BCUT2D eigenvalue weighted by Gasteiger charge is 2.26. The third-order valence-corrected chi connectivity index (χ3v) is 5.06. The molecule has 2 aromatic rings. The Morgan fingerprint density at radius 1 is 1.36 bits per heavy atom. The number of hydrogen-bond acceptors (Lipinski definition) is 6. The first-order chi connectivity index (χ1) is 10.6. The average molecular weight is 318 g/mol. The van der Waals surface area contributed by atoms with Crippen molar-refractivity contribution in [2.45, 2.75) is 31.7 Å². The maximum Gasteiger partial charge on any atom is 0.223 e. The third-order valence-electron chi connectivity index (χ3n) is 3.65. The van der Waals surface area contributed by atoms with Gasteiger partial charge in [-0.15, -0.1) is 0 Å². The summed E-state index contributed by atoms with van der Waals surface area (Å²) in [6, 6.07) is 2.02. The van der Waals surface area contributed by atoms with E-state index in [4.69, 9.17) is 4.74 Å². The van der Waals surface area contributed by atoms with Gasteiger partial charge in [-0.1, -0.05) is 0 Å². The standard InChI is InChI=1S/C15H18N4O2S/c1-9-6-10(2)18-14(21-3)11(9)7-16-15-17-8-13-12(19-15)4-5-22(13)20/h6,8H,4-5,7H2,1-3H3,(H,16,17,19). The van der Waals surface area contributed by atoms with E-state index in [1.807, 2.05) is 19.9 Å². The molecule has 1 unspecified atom stereocenters. The second-order valence-electron chi connectivity index (χ2n) is 5.23. The van der Waals surface area contributed by atoms with Crippen LogP contribution in [0.25, 0.3) is 0 Å². The number of pyridine rings is 1. The molecule has 0 radical (unpaired) electrons. The summed E-state index contributed by atoms with van der Waals surface area (Å²) in [4.78, 5) is 13.8. The van der Waals surface area contributed by atoms with Crippen LogP contribution in [-0.4, -0.2) is 32.4 Å². The number of aromatic nitrogens is 3. The zero-order valence-corrected chi connectivity index (χ0v) is 13.7. The Bertz CT molecular complexity index is 708. The van der Waals surface area contributed by atoms with Crippen molar-refractivity contribution in [1.82, 2.24) is 15.0 Å². The number of nitrogens with zero attached hydrogens (tertiary/aromatic N) is 3. The van der Waals surface area contributed by atoms with Crippen molar-refractivity contribution >= 4 is 17.1 Å². The fourth-order valence-electron chi connectivity index (χ4n) is 2.54. The van der Waals surface area contributed by atoms with Crippen LogP contribution in [0, 0.1) is 13.8 Å². The van der Waals surface area contributed by atoms with E-state index in [0.29, 0.717) is 24.1 Å². The summed E-state index contributed by atoms with van der Waals surface area (Å²) < 4.78 is 17.1. The van der Waals surface area contributed by atoms with Gasteiger partial charge in [-0.2, -0.15) is 0 Å². The smallest absolute Gasteiger partial charge is 0.223 e. The van der Waals surface area contributed by atoms with Gasteiger partial charge in [0, 0.05) is 24.2 Å². The zero-order valence-electron chi connectivity index (χ0n) is 12.8. The summed E-state index contributed by atoms with van der Waals surface area (Å²) in [7, 11) is 1.62. The van der Waals surface area contributed by atoms with E-state index in [1.165, 1.54) is 0 Å². The summed E-state index contributed by atoms with van der Waals surface area (Å²) >= 11 is -0.940. The molecule has 0 bridgehead atoms. The van der Waals surface area contributed by atoms with Crippen molar-refractivity contribution in [2.75, 3.05) is 18.2 Å². The fraction of sp³-hybridized carbons (Fsp3) is 0.400. The number of methoxy groups -OCH3 is 1. The molecule has 1 N–H and O–H groups in total. The lowest BCUT2D eigenvalue weighted by atomic mass is 10.1. The van der Waals surface area contributed by atoms with Crippen molar-refractivity contribution < 1.29 is 9.29 Å². The minimum absolute atomic E-state index is 0.532. The van der Waals surface area contributed by atoms with Crippen molar-refractivity contribution in [3.05, 3.63) is 34.8 Å². The van der Waals surface area contributed by atoms with Crippen LogP contribution >= 0.6 is 0 Å². The molecule has 0 aliphatic carbocycles. The molecule has 0 fully saturated rings. The van der Waals surface area contributed by atoms with Crippen molar-refractivity contribution in [3.8, 4) is 5.88 Å². The van der Waals surface area contributed by atoms with Crippen LogP contribution in [0.15, 0.2) is 17.2 Å². The molecule has 1 atom stereocenters. The Kier molecular flexibility index (Phi) is 4.17. The van der Waals surface area contributed by atoms with Crippen molar-refractivity contribution in [3.63, 3.8) is 0 Å². The number of aryl methyl sites for hydroxylation is 3. The molecule has 6 nitrogen and oxygen atoms in total.